The number of para-hydroxylation sites is 1. The highest BCUT2D eigenvalue weighted by atomic mass is 16.5. The van der Waals surface area contributed by atoms with Crippen LogP contribution in [0.2, 0.25) is 0 Å². The zero-order valence-electron chi connectivity index (χ0n) is 11.8. The van der Waals surface area contributed by atoms with Gasteiger partial charge in [-0.1, -0.05) is 18.2 Å². The molecular formula is C15H22N2O2. The van der Waals surface area contributed by atoms with Gasteiger partial charge in [0, 0.05) is 12.5 Å². The Kier molecular flexibility index (Phi) is 4.58. The molecule has 0 aliphatic rings. The monoisotopic (exact) mass is 262 g/mol. The smallest absolute Gasteiger partial charge is 0.137 e. The average Bonchev–Trinajstić information content (AvgIpc) is 2.84. The zero-order valence-corrected chi connectivity index (χ0v) is 11.8. The fourth-order valence-electron chi connectivity index (χ4n) is 2.23. The van der Waals surface area contributed by atoms with Crippen molar-refractivity contribution < 1.29 is 9.15 Å². The van der Waals surface area contributed by atoms with Crippen LogP contribution in [0.5, 0.6) is 0 Å². The fourth-order valence-corrected chi connectivity index (χ4v) is 2.23. The average molecular weight is 262 g/mol. The molecule has 1 heterocycles. The second kappa shape index (κ2) is 6.19. The predicted octanol–water partition coefficient (Wildman–Crippen LogP) is 3.06. The van der Waals surface area contributed by atoms with Crippen LogP contribution in [-0.4, -0.2) is 13.2 Å². The molecule has 4 nitrogen and oxygen atoms in total. The Balaban J connectivity index is 2.18. The molecule has 3 N–H and O–H groups in total. The number of aryl methyl sites for hydroxylation is 1. The van der Waals surface area contributed by atoms with Crippen molar-refractivity contribution in [1.29, 1.82) is 0 Å². The molecule has 0 fully saturated rings. The molecule has 0 aliphatic carbocycles. The maximum absolute atomic E-state index is 5.93. The molecule has 4 heteroatoms. The Hall–Kier alpha value is -1.36. The van der Waals surface area contributed by atoms with Crippen LogP contribution < -0.4 is 11.3 Å². The first-order chi connectivity index (χ1) is 9.15. The number of nitrogens with one attached hydrogen (secondary N) is 1. The van der Waals surface area contributed by atoms with Crippen LogP contribution in [0.1, 0.15) is 37.1 Å². The molecule has 0 spiro atoms. The van der Waals surface area contributed by atoms with Gasteiger partial charge in [0.25, 0.3) is 0 Å². The number of nitrogens with two attached hydrogens (primary N) is 1. The summed E-state index contributed by atoms with van der Waals surface area (Å²) in [6.07, 6.45) is 2.04. The van der Waals surface area contributed by atoms with Gasteiger partial charge in [0.15, 0.2) is 0 Å². The van der Waals surface area contributed by atoms with Gasteiger partial charge in [-0.15, -0.1) is 0 Å². The van der Waals surface area contributed by atoms with Gasteiger partial charge in [-0.2, -0.15) is 0 Å². The highest BCUT2D eigenvalue weighted by Gasteiger charge is 2.16. The van der Waals surface area contributed by atoms with E-state index in [-0.39, 0.29) is 12.1 Å². The minimum atomic E-state index is 0.0180. The van der Waals surface area contributed by atoms with E-state index in [2.05, 4.69) is 24.5 Å². The van der Waals surface area contributed by atoms with Crippen molar-refractivity contribution in [2.24, 2.45) is 5.84 Å². The van der Waals surface area contributed by atoms with E-state index in [1.54, 1.807) is 7.11 Å². The number of methoxy groups -OCH3 is 1. The third-order valence-electron chi connectivity index (χ3n) is 3.57. The topological polar surface area (TPSA) is 60.4 Å². The van der Waals surface area contributed by atoms with E-state index in [1.165, 1.54) is 0 Å². The molecule has 0 radical (unpaired) electrons. The summed E-state index contributed by atoms with van der Waals surface area (Å²) in [5, 5.41) is 1.12. The van der Waals surface area contributed by atoms with Gasteiger partial charge in [0.2, 0.25) is 0 Å². The standard InChI is InChI=1S/C15H22N2O2/c1-10-5-4-6-12-9-14(19-15(10)12)13(17-16)8-7-11(2)18-3/h4-6,9,11,13,17H,7-8,16H2,1-3H3. The first-order valence-electron chi connectivity index (χ1n) is 6.63. The summed E-state index contributed by atoms with van der Waals surface area (Å²) in [6.45, 7) is 4.10. The Morgan fingerprint density at radius 1 is 1.37 bits per heavy atom. The van der Waals surface area contributed by atoms with Crippen LogP contribution in [0.4, 0.5) is 0 Å². The molecule has 19 heavy (non-hydrogen) atoms. The summed E-state index contributed by atoms with van der Waals surface area (Å²) < 4.78 is 11.2. The lowest BCUT2D eigenvalue weighted by Crippen LogP contribution is -2.28. The number of benzene rings is 1. The highest BCUT2D eigenvalue weighted by Crippen LogP contribution is 2.28. The number of fused-ring (bicyclic) bond motifs is 1. The molecule has 0 bridgehead atoms. The van der Waals surface area contributed by atoms with Gasteiger partial charge < -0.3 is 9.15 Å². The number of rotatable bonds is 6. The normalized spacial score (nSPS) is 14.7. The van der Waals surface area contributed by atoms with E-state index in [9.17, 15) is 0 Å². The lowest BCUT2D eigenvalue weighted by molar-refractivity contribution is 0.105. The van der Waals surface area contributed by atoms with E-state index in [1.807, 2.05) is 19.1 Å². The highest BCUT2D eigenvalue weighted by molar-refractivity contribution is 5.80. The molecule has 0 aliphatic heterocycles. The molecule has 0 saturated heterocycles. The molecule has 2 atom stereocenters. The van der Waals surface area contributed by atoms with Crippen LogP contribution in [-0.2, 0) is 4.74 Å². The van der Waals surface area contributed by atoms with Crippen LogP contribution in [0.3, 0.4) is 0 Å². The summed E-state index contributed by atoms with van der Waals surface area (Å²) >= 11 is 0. The minimum Gasteiger partial charge on any atom is -0.459 e. The third kappa shape index (κ3) is 3.15. The lowest BCUT2D eigenvalue weighted by atomic mass is 10.1. The lowest BCUT2D eigenvalue weighted by Gasteiger charge is -2.15. The fraction of sp³-hybridized carbons (Fsp3) is 0.467. The van der Waals surface area contributed by atoms with E-state index >= 15 is 0 Å². The molecule has 0 amide bonds. The number of hydrogen-bond acceptors (Lipinski definition) is 4. The summed E-state index contributed by atoms with van der Waals surface area (Å²) in [5.41, 5.74) is 4.91. The number of ether oxygens (including phenoxy) is 1. The van der Waals surface area contributed by atoms with Crippen molar-refractivity contribution in [2.75, 3.05) is 7.11 Å². The Morgan fingerprint density at radius 3 is 2.79 bits per heavy atom. The van der Waals surface area contributed by atoms with Crippen LogP contribution in [0, 0.1) is 6.92 Å². The van der Waals surface area contributed by atoms with Gasteiger partial charge in [0.1, 0.15) is 11.3 Å². The SMILES string of the molecule is COC(C)CCC(NN)c1cc2cccc(C)c2o1. The second-order valence-corrected chi connectivity index (χ2v) is 4.98. The van der Waals surface area contributed by atoms with Gasteiger partial charge in [-0.05, 0) is 38.3 Å². The van der Waals surface area contributed by atoms with Crippen LogP contribution >= 0.6 is 0 Å². The van der Waals surface area contributed by atoms with Crippen molar-refractivity contribution in [2.45, 2.75) is 38.8 Å². The third-order valence-corrected chi connectivity index (χ3v) is 3.57. The molecular weight excluding hydrogens is 240 g/mol. The summed E-state index contributed by atoms with van der Waals surface area (Å²) in [4.78, 5) is 0. The maximum atomic E-state index is 5.93. The quantitative estimate of drug-likeness (QED) is 0.620. The van der Waals surface area contributed by atoms with Crippen molar-refractivity contribution in [3.8, 4) is 0 Å². The zero-order chi connectivity index (χ0) is 13.8. The number of hydrazine groups is 1. The predicted molar refractivity (Wildman–Crippen MR) is 76.7 cm³/mol. The van der Waals surface area contributed by atoms with Crippen molar-refractivity contribution in [3.05, 3.63) is 35.6 Å². The Morgan fingerprint density at radius 2 is 2.16 bits per heavy atom. The van der Waals surface area contributed by atoms with Crippen LogP contribution in [0.15, 0.2) is 28.7 Å². The molecule has 1 aromatic carbocycles. The van der Waals surface area contributed by atoms with Gasteiger partial charge in [0.05, 0.1) is 12.1 Å². The van der Waals surface area contributed by atoms with Gasteiger partial charge in [-0.25, -0.2) is 5.43 Å². The van der Waals surface area contributed by atoms with Gasteiger partial charge >= 0.3 is 0 Å². The Labute approximate surface area is 113 Å². The van der Waals surface area contributed by atoms with E-state index in [0.29, 0.717) is 0 Å². The maximum Gasteiger partial charge on any atom is 0.137 e. The largest absolute Gasteiger partial charge is 0.459 e. The first kappa shape index (κ1) is 14.1. The van der Waals surface area contributed by atoms with Crippen molar-refractivity contribution >= 4 is 11.0 Å². The molecule has 1 aromatic heterocycles. The molecule has 0 saturated carbocycles. The Bertz CT molecular complexity index is 536. The summed E-state index contributed by atoms with van der Waals surface area (Å²) in [5.74, 6) is 6.53. The van der Waals surface area contributed by atoms with E-state index < -0.39 is 0 Å². The van der Waals surface area contributed by atoms with E-state index in [0.717, 1.165) is 35.1 Å². The molecule has 2 aromatic rings. The number of hydrogen-bond donors (Lipinski definition) is 2. The van der Waals surface area contributed by atoms with Crippen molar-refractivity contribution in [3.63, 3.8) is 0 Å². The van der Waals surface area contributed by atoms with E-state index in [4.69, 9.17) is 15.0 Å². The van der Waals surface area contributed by atoms with Crippen LogP contribution in [0.25, 0.3) is 11.0 Å². The summed E-state index contributed by atoms with van der Waals surface area (Å²) in [6, 6.07) is 8.22. The summed E-state index contributed by atoms with van der Waals surface area (Å²) in [7, 11) is 1.72. The first-order valence-corrected chi connectivity index (χ1v) is 6.63. The van der Waals surface area contributed by atoms with Gasteiger partial charge in [-0.3, -0.25) is 5.84 Å². The minimum absolute atomic E-state index is 0.0180. The van der Waals surface area contributed by atoms with Crippen molar-refractivity contribution in [1.82, 2.24) is 5.43 Å². The molecule has 2 unspecified atom stereocenters. The molecule has 2 rings (SSSR count). The second-order valence-electron chi connectivity index (χ2n) is 4.98. The molecule has 104 valence electrons. The number of furan rings is 1.